The number of hydrogen-bond acceptors (Lipinski definition) is 3. The molecule has 1 atom stereocenters. The van der Waals surface area contributed by atoms with Gasteiger partial charge in [0.25, 0.3) is 0 Å². The number of carbonyl (C=O) groups is 1. The minimum Gasteiger partial charge on any atom is -0.493 e. The van der Waals surface area contributed by atoms with Crippen LogP contribution in [0.15, 0.2) is 18.2 Å². The van der Waals surface area contributed by atoms with Crippen LogP contribution in [0, 0.1) is 0 Å². The Kier molecular flexibility index (Phi) is 3.10. The van der Waals surface area contributed by atoms with Crippen molar-refractivity contribution in [3.63, 3.8) is 0 Å². The molecule has 1 amide bonds. The van der Waals surface area contributed by atoms with Crippen molar-refractivity contribution in [2.75, 3.05) is 13.2 Å². The molecule has 2 rings (SSSR count). The molecule has 4 nitrogen and oxygen atoms in total. The summed E-state index contributed by atoms with van der Waals surface area (Å²) in [5, 5.41) is 3.07. The molecule has 1 heterocycles. The summed E-state index contributed by atoms with van der Waals surface area (Å²) in [5.74, 6) is 0.573. The summed E-state index contributed by atoms with van der Waals surface area (Å²) >= 11 is 0. The van der Waals surface area contributed by atoms with E-state index >= 15 is 0 Å². The number of rotatable bonds is 4. The molecule has 1 aromatic rings. The zero-order valence-electron chi connectivity index (χ0n) is 9.32. The van der Waals surface area contributed by atoms with Crippen LogP contribution in [0.25, 0.3) is 0 Å². The molecule has 0 saturated carbocycles. The van der Waals surface area contributed by atoms with Crippen molar-refractivity contribution in [3.05, 3.63) is 29.3 Å². The number of ether oxygens (including phenoxy) is 1. The summed E-state index contributed by atoms with van der Waals surface area (Å²) in [6, 6.07) is 5.39. The van der Waals surface area contributed by atoms with Crippen LogP contribution in [-0.4, -0.2) is 19.1 Å². The van der Waals surface area contributed by atoms with Crippen LogP contribution in [0.4, 0.5) is 0 Å². The van der Waals surface area contributed by atoms with Gasteiger partial charge in [0.05, 0.1) is 6.61 Å². The molecule has 4 heteroatoms. The van der Waals surface area contributed by atoms with Crippen LogP contribution in [0.5, 0.6) is 5.75 Å². The fourth-order valence-electron chi connectivity index (χ4n) is 1.97. The highest BCUT2D eigenvalue weighted by molar-refractivity contribution is 5.81. The second kappa shape index (κ2) is 4.53. The van der Waals surface area contributed by atoms with Gasteiger partial charge in [0, 0.05) is 6.42 Å². The van der Waals surface area contributed by atoms with Crippen molar-refractivity contribution in [2.24, 2.45) is 5.73 Å². The number of primary amides is 1. The number of fused-ring (bicyclic) bond motifs is 1. The van der Waals surface area contributed by atoms with Gasteiger partial charge in [-0.3, -0.25) is 4.79 Å². The Hall–Kier alpha value is -1.55. The number of nitrogens with one attached hydrogen (secondary N) is 1. The van der Waals surface area contributed by atoms with Crippen molar-refractivity contribution >= 4 is 5.91 Å². The lowest BCUT2D eigenvalue weighted by Crippen LogP contribution is -2.33. The van der Waals surface area contributed by atoms with Crippen LogP contribution >= 0.6 is 0 Å². The zero-order chi connectivity index (χ0) is 11.5. The Morgan fingerprint density at radius 1 is 1.62 bits per heavy atom. The van der Waals surface area contributed by atoms with Gasteiger partial charge < -0.3 is 15.8 Å². The van der Waals surface area contributed by atoms with E-state index in [1.165, 1.54) is 0 Å². The number of amides is 1. The minimum atomic E-state index is -0.407. The maximum absolute atomic E-state index is 11.3. The van der Waals surface area contributed by atoms with Gasteiger partial charge >= 0.3 is 0 Å². The molecule has 3 N–H and O–H groups in total. The third-order valence-corrected chi connectivity index (χ3v) is 2.74. The maximum Gasteiger partial charge on any atom is 0.239 e. The number of likely N-dealkylation sites (N-methyl/N-ethyl adjacent to an activating group) is 1. The highest BCUT2D eigenvalue weighted by Gasteiger charge is 2.19. The molecule has 0 fully saturated rings. The van der Waals surface area contributed by atoms with Crippen molar-refractivity contribution in [1.82, 2.24) is 5.32 Å². The molecule has 0 radical (unpaired) electrons. The largest absolute Gasteiger partial charge is 0.493 e. The first-order valence-corrected chi connectivity index (χ1v) is 5.50. The molecule has 1 aliphatic heterocycles. The summed E-state index contributed by atoms with van der Waals surface area (Å²) in [6.07, 6.45) is 0.904. The molecule has 1 aromatic carbocycles. The molecule has 1 aliphatic rings. The number of nitrogens with two attached hydrogens (primary N) is 1. The fourth-order valence-corrected chi connectivity index (χ4v) is 1.97. The monoisotopic (exact) mass is 220 g/mol. The van der Waals surface area contributed by atoms with E-state index in [2.05, 4.69) is 5.32 Å². The van der Waals surface area contributed by atoms with Crippen LogP contribution in [0.2, 0.25) is 0 Å². The highest BCUT2D eigenvalue weighted by atomic mass is 16.5. The van der Waals surface area contributed by atoms with E-state index in [9.17, 15) is 4.79 Å². The lowest BCUT2D eigenvalue weighted by Gasteiger charge is -2.15. The predicted octanol–water partition coefficient (Wildman–Crippen LogP) is 0.757. The van der Waals surface area contributed by atoms with Crippen LogP contribution in [-0.2, 0) is 11.2 Å². The van der Waals surface area contributed by atoms with E-state index in [0.717, 1.165) is 29.9 Å². The Labute approximate surface area is 94.8 Å². The third kappa shape index (κ3) is 2.02. The Morgan fingerprint density at radius 2 is 2.44 bits per heavy atom. The molecule has 86 valence electrons. The number of carbonyl (C=O) groups excluding carboxylic acids is 1. The quantitative estimate of drug-likeness (QED) is 0.787. The summed E-state index contributed by atoms with van der Waals surface area (Å²) in [4.78, 5) is 11.3. The van der Waals surface area contributed by atoms with Gasteiger partial charge in [0.2, 0.25) is 5.91 Å². The first-order chi connectivity index (χ1) is 7.72. The number of benzene rings is 1. The van der Waals surface area contributed by atoms with Gasteiger partial charge in [-0.25, -0.2) is 0 Å². The van der Waals surface area contributed by atoms with Crippen molar-refractivity contribution in [1.29, 1.82) is 0 Å². The van der Waals surface area contributed by atoms with Crippen molar-refractivity contribution in [2.45, 2.75) is 19.4 Å². The lowest BCUT2D eigenvalue weighted by atomic mass is 10.0. The summed E-state index contributed by atoms with van der Waals surface area (Å²) in [6.45, 7) is 3.38. The maximum atomic E-state index is 11.3. The second-order valence-electron chi connectivity index (χ2n) is 3.86. The Balaban J connectivity index is 2.28. The van der Waals surface area contributed by atoms with E-state index in [4.69, 9.17) is 10.5 Å². The van der Waals surface area contributed by atoms with Gasteiger partial charge in [-0.15, -0.1) is 0 Å². The average molecular weight is 220 g/mol. The van der Waals surface area contributed by atoms with Gasteiger partial charge in [0.1, 0.15) is 11.8 Å². The van der Waals surface area contributed by atoms with E-state index in [-0.39, 0.29) is 5.91 Å². The van der Waals surface area contributed by atoms with Gasteiger partial charge in [0.15, 0.2) is 0 Å². The van der Waals surface area contributed by atoms with Crippen molar-refractivity contribution in [3.8, 4) is 5.75 Å². The zero-order valence-corrected chi connectivity index (χ0v) is 9.32. The van der Waals surface area contributed by atoms with Gasteiger partial charge in [-0.2, -0.15) is 0 Å². The predicted molar refractivity (Wildman–Crippen MR) is 61.3 cm³/mol. The standard InChI is InChI=1S/C12H16N2O2/c1-2-14-11(12(13)15)9-3-4-10-8(7-9)5-6-16-10/h3-4,7,11,14H,2,5-6H2,1H3,(H2,13,15). The highest BCUT2D eigenvalue weighted by Crippen LogP contribution is 2.28. The molecule has 0 aromatic heterocycles. The Morgan fingerprint density at radius 3 is 3.12 bits per heavy atom. The lowest BCUT2D eigenvalue weighted by molar-refractivity contribution is -0.120. The second-order valence-corrected chi connectivity index (χ2v) is 3.86. The smallest absolute Gasteiger partial charge is 0.239 e. The number of hydrogen-bond donors (Lipinski definition) is 2. The van der Waals surface area contributed by atoms with E-state index in [1.54, 1.807) is 0 Å². The van der Waals surface area contributed by atoms with Crippen LogP contribution in [0.1, 0.15) is 24.1 Å². The van der Waals surface area contributed by atoms with Crippen LogP contribution < -0.4 is 15.8 Å². The average Bonchev–Trinajstić information content (AvgIpc) is 2.72. The molecule has 0 aliphatic carbocycles. The third-order valence-electron chi connectivity index (χ3n) is 2.74. The SMILES string of the molecule is CCNC(C(N)=O)c1ccc2c(c1)CCO2. The summed E-state index contributed by atoms with van der Waals surface area (Å²) in [5.41, 5.74) is 7.44. The normalized spacial score (nSPS) is 15.3. The molecule has 0 bridgehead atoms. The van der Waals surface area contributed by atoms with E-state index in [0.29, 0.717) is 6.54 Å². The molecule has 1 unspecified atom stereocenters. The molecule has 16 heavy (non-hydrogen) atoms. The van der Waals surface area contributed by atoms with E-state index < -0.39 is 6.04 Å². The molecule has 0 spiro atoms. The van der Waals surface area contributed by atoms with Crippen LogP contribution in [0.3, 0.4) is 0 Å². The molecule has 0 saturated heterocycles. The fraction of sp³-hybridized carbons (Fsp3) is 0.417. The van der Waals surface area contributed by atoms with Gasteiger partial charge in [-0.05, 0) is 29.8 Å². The van der Waals surface area contributed by atoms with Crippen molar-refractivity contribution < 1.29 is 9.53 Å². The summed E-state index contributed by atoms with van der Waals surface area (Å²) in [7, 11) is 0. The minimum absolute atomic E-state index is 0.347. The summed E-state index contributed by atoms with van der Waals surface area (Å²) < 4.78 is 5.42. The van der Waals surface area contributed by atoms with E-state index in [1.807, 2.05) is 25.1 Å². The molecular weight excluding hydrogens is 204 g/mol. The Bertz CT molecular complexity index is 404. The first kappa shape index (κ1) is 11.0. The molecular formula is C12H16N2O2. The first-order valence-electron chi connectivity index (χ1n) is 5.50. The topological polar surface area (TPSA) is 64.3 Å². The van der Waals surface area contributed by atoms with Gasteiger partial charge in [-0.1, -0.05) is 13.0 Å².